The fraction of sp³-hybridized carbons (Fsp3) is 0.0455. The summed E-state index contributed by atoms with van der Waals surface area (Å²) in [4.78, 5) is 16.8. The molecule has 0 atom stereocenters. The number of nitrogens with one attached hydrogen (secondary N) is 2. The predicted octanol–water partition coefficient (Wildman–Crippen LogP) is 5.80. The number of halogens is 1. The number of anilines is 1. The van der Waals surface area contributed by atoms with Crippen molar-refractivity contribution in [2.24, 2.45) is 0 Å². The van der Waals surface area contributed by atoms with Crippen molar-refractivity contribution in [2.75, 3.05) is 5.32 Å². The molecule has 2 N–H and O–H groups in total. The van der Waals surface area contributed by atoms with Crippen molar-refractivity contribution < 1.29 is 9.53 Å². The molecule has 0 aliphatic rings. The number of carbonyl (C=O) groups is 1. The van der Waals surface area contributed by atoms with Crippen LogP contribution >= 0.6 is 23.4 Å². The number of aromatic amines is 1. The molecule has 0 spiro atoms. The molecule has 1 heterocycles. The van der Waals surface area contributed by atoms with Crippen LogP contribution < -0.4 is 10.1 Å². The minimum atomic E-state index is -0.223. The summed E-state index contributed by atoms with van der Waals surface area (Å²) in [6.45, 7) is 0. The number of carbonyl (C=O) groups excluding carboxylic acids is 1. The van der Waals surface area contributed by atoms with E-state index >= 15 is 0 Å². The van der Waals surface area contributed by atoms with Gasteiger partial charge in [0.1, 0.15) is 12.1 Å². The molecule has 30 heavy (non-hydrogen) atoms. The van der Waals surface area contributed by atoms with Crippen molar-refractivity contribution in [1.29, 1.82) is 0 Å². The molecule has 4 rings (SSSR count). The quantitative estimate of drug-likeness (QED) is 0.358. The number of ether oxygens (including phenoxy) is 1. The highest BCUT2D eigenvalue weighted by Gasteiger charge is 2.12. The monoisotopic (exact) mass is 436 g/mol. The molecule has 150 valence electrons. The van der Waals surface area contributed by atoms with Crippen LogP contribution in [0.25, 0.3) is 0 Å². The smallest absolute Gasteiger partial charge is 0.255 e. The Balaban J connectivity index is 1.43. The van der Waals surface area contributed by atoms with E-state index in [1.807, 2.05) is 36.4 Å². The van der Waals surface area contributed by atoms with Gasteiger partial charge in [0.05, 0.1) is 10.7 Å². The number of H-pyrrole nitrogens is 1. The average molecular weight is 437 g/mol. The Morgan fingerprint density at radius 2 is 1.73 bits per heavy atom. The largest absolute Gasteiger partial charge is 0.454 e. The number of para-hydroxylation sites is 3. The van der Waals surface area contributed by atoms with Gasteiger partial charge in [-0.05, 0) is 42.0 Å². The molecule has 0 radical (unpaired) electrons. The van der Waals surface area contributed by atoms with E-state index in [4.69, 9.17) is 16.3 Å². The average Bonchev–Trinajstić information content (AvgIpc) is 3.29. The summed E-state index contributed by atoms with van der Waals surface area (Å²) in [6, 6.07) is 21.9. The van der Waals surface area contributed by atoms with E-state index in [2.05, 4.69) is 20.5 Å². The molecule has 1 amide bonds. The van der Waals surface area contributed by atoms with E-state index in [0.29, 0.717) is 27.8 Å². The summed E-state index contributed by atoms with van der Waals surface area (Å²) in [5.74, 6) is 1.54. The minimum Gasteiger partial charge on any atom is -0.454 e. The lowest BCUT2D eigenvalue weighted by Gasteiger charge is -2.13. The van der Waals surface area contributed by atoms with Crippen LogP contribution in [0.1, 0.15) is 15.9 Å². The molecule has 0 unspecified atom stereocenters. The highest BCUT2D eigenvalue weighted by atomic mass is 35.5. The molecule has 0 saturated carbocycles. The van der Waals surface area contributed by atoms with Crippen molar-refractivity contribution in [1.82, 2.24) is 15.2 Å². The first-order valence-corrected chi connectivity index (χ1v) is 10.5. The molecule has 0 saturated heterocycles. The number of hydrogen-bond acceptors (Lipinski definition) is 5. The zero-order valence-corrected chi connectivity index (χ0v) is 17.3. The fourth-order valence-electron chi connectivity index (χ4n) is 2.67. The second kappa shape index (κ2) is 9.47. The molecule has 1 aromatic heterocycles. The minimum absolute atomic E-state index is 0.223. The Hall–Kier alpha value is -3.29. The molecule has 0 bridgehead atoms. The predicted molar refractivity (Wildman–Crippen MR) is 118 cm³/mol. The van der Waals surface area contributed by atoms with Gasteiger partial charge in [-0.25, -0.2) is 4.98 Å². The lowest BCUT2D eigenvalue weighted by atomic mass is 10.1. The van der Waals surface area contributed by atoms with Gasteiger partial charge in [0.2, 0.25) is 0 Å². The number of nitrogens with zero attached hydrogens (tertiary/aromatic N) is 2. The van der Waals surface area contributed by atoms with Crippen LogP contribution in [0.5, 0.6) is 11.5 Å². The first kappa shape index (κ1) is 20.0. The highest BCUT2D eigenvalue weighted by molar-refractivity contribution is 7.98. The first-order chi connectivity index (χ1) is 14.7. The van der Waals surface area contributed by atoms with Gasteiger partial charge in [0.25, 0.3) is 5.91 Å². The van der Waals surface area contributed by atoms with Crippen molar-refractivity contribution in [3.8, 4) is 11.5 Å². The second-order valence-electron chi connectivity index (χ2n) is 6.26. The third-order valence-corrected chi connectivity index (χ3v) is 5.44. The van der Waals surface area contributed by atoms with Gasteiger partial charge in [-0.15, -0.1) is 0 Å². The Labute approximate surface area is 182 Å². The van der Waals surface area contributed by atoms with Crippen LogP contribution in [0.2, 0.25) is 5.02 Å². The molecule has 8 heteroatoms. The van der Waals surface area contributed by atoms with Crippen LogP contribution in [-0.4, -0.2) is 21.1 Å². The van der Waals surface area contributed by atoms with Gasteiger partial charge < -0.3 is 10.1 Å². The van der Waals surface area contributed by atoms with E-state index in [1.54, 1.807) is 48.2 Å². The number of aromatic nitrogens is 3. The SMILES string of the molecule is O=C(Nc1ccccc1Oc1ccccc1Cl)c1ccc(CSc2ncn[nH]2)cc1. The van der Waals surface area contributed by atoms with E-state index in [1.165, 1.54) is 6.33 Å². The summed E-state index contributed by atoms with van der Waals surface area (Å²) in [5.41, 5.74) is 2.19. The van der Waals surface area contributed by atoms with Crippen LogP contribution in [0.15, 0.2) is 84.3 Å². The highest BCUT2D eigenvalue weighted by Crippen LogP contribution is 2.33. The lowest BCUT2D eigenvalue weighted by molar-refractivity contribution is 0.102. The van der Waals surface area contributed by atoms with E-state index in [-0.39, 0.29) is 5.91 Å². The Bertz CT molecular complexity index is 1130. The van der Waals surface area contributed by atoms with Crippen LogP contribution in [0, 0.1) is 0 Å². The second-order valence-corrected chi connectivity index (χ2v) is 7.63. The zero-order chi connectivity index (χ0) is 20.8. The molecule has 0 fully saturated rings. The Kier molecular flexibility index (Phi) is 6.32. The summed E-state index contributed by atoms with van der Waals surface area (Å²) in [6.07, 6.45) is 1.48. The van der Waals surface area contributed by atoms with E-state index in [0.717, 1.165) is 16.5 Å². The number of benzene rings is 3. The van der Waals surface area contributed by atoms with Gasteiger partial charge in [0.15, 0.2) is 10.9 Å². The van der Waals surface area contributed by atoms with Gasteiger partial charge in [0, 0.05) is 11.3 Å². The third kappa shape index (κ3) is 5.00. The van der Waals surface area contributed by atoms with Crippen molar-refractivity contribution in [3.05, 3.63) is 95.3 Å². The Morgan fingerprint density at radius 3 is 2.47 bits per heavy atom. The third-order valence-electron chi connectivity index (χ3n) is 4.18. The van der Waals surface area contributed by atoms with Gasteiger partial charge in [-0.2, -0.15) is 5.10 Å². The van der Waals surface area contributed by atoms with Crippen LogP contribution in [0.4, 0.5) is 5.69 Å². The number of rotatable bonds is 7. The fourth-order valence-corrected chi connectivity index (χ4v) is 3.58. The van der Waals surface area contributed by atoms with Crippen molar-refractivity contribution in [2.45, 2.75) is 10.9 Å². The maximum absolute atomic E-state index is 12.7. The number of thioether (sulfide) groups is 1. The van der Waals surface area contributed by atoms with Gasteiger partial charge in [-0.1, -0.05) is 59.8 Å². The first-order valence-electron chi connectivity index (χ1n) is 9.09. The van der Waals surface area contributed by atoms with E-state index < -0.39 is 0 Å². The molecule has 0 aliphatic carbocycles. The standard InChI is InChI=1S/C22H17ClN4O2S/c23-17-5-1-3-7-19(17)29-20-8-4-2-6-18(20)26-21(28)16-11-9-15(10-12-16)13-30-22-24-14-25-27-22/h1-12,14H,13H2,(H,26,28)(H,24,25,27). The topological polar surface area (TPSA) is 79.9 Å². The molecule has 0 aliphatic heterocycles. The summed E-state index contributed by atoms with van der Waals surface area (Å²) in [7, 11) is 0. The summed E-state index contributed by atoms with van der Waals surface area (Å²) < 4.78 is 5.90. The van der Waals surface area contributed by atoms with Gasteiger partial charge >= 0.3 is 0 Å². The molecule has 6 nitrogen and oxygen atoms in total. The molecular weight excluding hydrogens is 420 g/mol. The summed E-state index contributed by atoms with van der Waals surface area (Å²) >= 11 is 7.72. The summed E-state index contributed by atoms with van der Waals surface area (Å²) in [5, 5.41) is 10.8. The van der Waals surface area contributed by atoms with Crippen LogP contribution in [0.3, 0.4) is 0 Å². The Morgan fingerprint density at radius 1 is 1.00 bits per heavy atom. The van der Waals surface area contributed by atoms with Crippen molar-refractivity contribution in [3.63, 3.8) is 0 Å². The van der Waals surface area contributed by atoms with E-state index in [9.17, 15) is 4.79 Å². The van der Waals surface area contributed by atoms with Crippen LogP contribution in [-0.2, 0) is 5.75 Å². The lowest BCUT2D eigenvalue weighted by Crippen LogP contribution is -2.12. The maximum atomic E-state index is 12.7. The molecule has 3 aromatic carbocycles. The zero-order valence-electron chi connectivity index (χ0n) is 15.7. The number of amides is 1. The molecular formula is C22H17ClN4O2S. The normalized spacial score (nSPS) is 10.6. The molecule has 4 aromatic rings. The van der Waals surface area contributed by atoms with Gasteiger partial charge in [-0.3, -0.25) is 9.89 Å². The van der Waals surface area contributed by atoms with Crippen molar-refractivity contribution >= 4 is 35.0 Å². The number of hydrogen-bond donors (Lipinski definition) is 2. The maximum Gasteiger partial charge on any atom is 0.255 e.